The summed E-state index contributed by atoms with van der Waals surface area (Å²) in [7, 11) is -2.20. The van der Waals surface area contributed by atoms with E-state index in [0.29, 0.717) is 5.69 Å². The summed E-state index contributed by atoms with van der Waals surface area (Å²) < 4.78 is 20.3. The third kappa shape index (κ3) is 2.46. The highest BCUT2D eigenvalue weighted by atomic mass is 32.2. The van der Waals surface area contributed by atoms with E-state index in [2.05, 4.69) is 9.97 Å². The normalized spacial score (nSPS) is 9.18. The van der Waals surface area contributed by atoms with Crippen LogP contribution < -0.4 is 0 Å². The van der Waals surface area contributed by atoms with Gasteiger partial charge in [0.15, 0.2) is 0 Å². The maximum atomic E-state index is 10.1. The van der Waals surface area contributed by atoms with Crippen LogP contribution in [0.25, 0.3) is 0 Å². The lowest BCUT2D eigenvalue weighted by atomic mass is 10.4. The Morgan fingerprint density at radius 2 is 2.09 bits per heavy atom. The van der Waals surface area contributed by atoms with E-state index in [-0.39, 0.29) is 0 Å². The smallest absolute Gasteiger partial charge is 0.216 e. The zero-order chi connectivity index (χ0) is 8.27. The van der Waals surface area contributed by atoms with Crippen molar-refractivity contribution in [1.29, 1.82) is 0 Å². The van der Waals surface area contributed by atoms with Crippen LogP contribution in [0.2, 0.25) is 0 Å². The number of rotatable bonds is 1. The lowest BCUT2D eigenvalue weighted by molar-refractivity contribution is 0.627. The average Bonchev–Trinajstić information content (AvgIpc) is 1.93. The van der Waals surface area contributed by atoms with Crippen molar-refractivity contribution >= 4 is 15.7 Å². The van der Waals surface area contributed by atoms with E-state index in [4.69, 9.17) is 0 Å². The van der Waals surface area contributed by atoms with Crippen molar-refractivity contribution in [3.05, 3.63) is 23.8 Å². The van der Waals surface area contributed by atoms with E-state index in [9.17, 15) is 8.42 Å². The Bertz CT molecular complexity index is 358. The van der Waals surface area contributed by atoms with Gasteiger partial charge in [-0.05, 0) is 6.92 Å². The van der Waals surface area contributed by atoms with Crippen LogP contribution in [0, 0.1) is 6.92 Å². The van der Waals surface area contributed by atoms with Gasteiger partial charge in [-0.15, -0.1) is 0 Å². The lowest BCUT2D eigenvalue weighted by Crippen LogP contribution is -1.90. The molecule has 0 bridgehead atoms. The van der Waals surface area contributed by atoms with E-state index in [1.54, 1.807) is 6.92 Å². The third-order valence-corrected chi connectivity index (χ3v) is 1.45. The van der Waals surface area contributed by atoms with Gasteiger partial charge >= 0.3 is 0 Å². The standard InChI is InChI=1S/C6H6N2O2S/c1-5-2-8-6(3-7-5)4-11(9)10/h2-4H,1H3. The summed E-state index contributed by atoms with van der Waals surface area (Å²) >= 11 is 0. The Hall–Kier alpha value is -1.23. The number of hydrogen-bond acceptors (Lipinski definition) is 4. The zero-order valence-corrected chi connectivity index (χ0v) is 6.67. The molecule has 1 heterocycles. The fraction of sp³-hybridized carbons (Fsp3) is 0.167. The highest BCUT2D eigenvalue weighted by Crippen LogP contribution is 1.88. The molecule has 0 saturated carbocycles. The van der Waals surface area contributed by atoms with Crippen LogP contribution in [0.3, 0.4) is 0 Å². The summed E-state index contributed by atoms with van der Waals surface area (Å²) in [6, 6.07) is 0. The van der Waals surface area contributed by atoms with Gasteiger partial charge in [-0.3, -0.25) is 9.97 Å². The first-order chi connectivity index (χ1) is 5.18. The summed E-state index contributed by atoms with van der Waals surface area (Å²) in [4.78, 5) is 7.67. The maximum Gasteiger partial charge on any atom is 0.216 e. The van der Waals surface area contributed by atoms with Crippen molar-refractivity contribution < 1.29 is 8.42 Å². The van der Waals surface area contributed by atoms with Gasteiger partial charge in [0.05, 0.1) is 23.0 Å². The van der Waals surface area contributed by atoms with Crippen molar-refractivity contribution in [1.82, 2.24) is 9.97 Å². The lowest BCUT2D eigenvalue weighted by Gasteiger charge is -1.89. The average molecular weight is 170 g/mol. The van der Waals surface area contributed by atoms with E-state index < -0.39 is 10.3 Å². The molecule has 0 unspecified atom stereocenters. The second-order valence-electron chi connectivity index (χ2n) is 1.96. The SMILES string of the molecule is Cc1cnc(C=S(=O)=O)cn1. The maximum absolute atomic E-state index is 10.1. The number of aryl methyl sites for hydroxylation is 1. The Morgan fingerprint density at radius 3 is 2.55 bits per heavy atom. The largest absolute Gasteiger partial charge is 0.258 e. The third-order valence-electron chi connectivity index (χ3n) is 1.02. The van der Waals surface area contributed by atoms with Gasteiger partial charge < -0.3 is 0 Å². The van der Waals surface area contributed by atoms with Crippen molar-refractivity contribution in [2.45, 2.75) is 6.92 Å². The van der Waals surface area contributed by atoms with Gasteiger partial charge in [0.25, 0.3) is 0 Å². The molecule has 1 rings (SSSR count). The summed E-state index contributed by atoms with van der Waals surface area (Å²) in [6.07, 6.45) is 2.92. The van der Waals surface area contributed by atoms with Crippen LogP contribution in [0.4, 0.5) is 0 Å². The van der Waals surface area contributed by atoms with Gasteiger partial charge in [0, 0.05) is 6.20 Å². The molecule has 0 aromatic carbocycles. The summed E-state index contributed by atoms with van der Waals surface area (Å²) in [5.41, 5.74) is 1.11. The van der Waals surface area contributed by atoms with E-state index in [1.807, 2.05) is 0 Å². The molecule has 0 aliphatic carbocycles. The number of nitrogens with zero attached hydrogens (tertiary/aromatic N) is 2. The summed E-state index contributed by atoms with van der Waals surface area (Å²) in [5, 5.41) is 1.01. The fourth-order valence-corrected chi connectivity index (χ4v) is 0.881. The second kappa shape index (κ2) is 3.25. The molecule has 0 aliphatic heterocycles. The topological polar surface area (TPSA) is 59.9 Å². The molecule has 0 spiro atoms. The number of hydrogen-bond donors (Lipinski definition) is 0. The molecule has 5 heteroatoms. The van der Waals surface area contributed by atoms with Gasteiger partial charge in [0.1, 0.15) is 0 Å². The molecule has 0 amide bonds. The Labute approximate surface area is 65.5 Å². The summed E-state index contributed by atoms with van der Waals surface area (Å²) in [6.45, 7) is 1.78. The molecule has 0 radical (unpaired) electrons. The fourth-order valence-electron chi connectivity index (χ4n) is 0.562. The van der Waals surface area contributed by atoms with Crippen molar-refractivity contribution in [2.24, 2.45) is 0 Å². The minimum atomic E-state index is -2.20. The van der Waals surface area contributed by atoms with Crippen LogP contribution in [-0.2, 0) is 10.3 Å². The molecule has 58 valence electrons. The predicted molar refractivity (Wildman–Crippen MR) is 40.9 cm³/mol. The molecule has 0 saturated heterocycles. The first-order valence-electron chi connectivity index (χ1n) is 2.90. The first-order valence-corrected chi connectivity index (χ1v) is 4.04. The van der Waals surface area contributed by atoms with Gasteiger partial charge in [-0.2, -0.15) is 8.42 Å². The monoisotopic (exact) mass is 170 g/mol. The zero-order valence-electron chi connectivity index (χ0n) is 5.85. The van der Waals surface area contributed by atoms with Crippen LogP contribution in [0.1, 0.15) is 11.4 Å². The molecule has 0 atom stereocenters. The van der Waals surface area contributed by atoms with Crippen molar-refractivity contribution in [3.8, 4) is 0 Å². The van der Waals surface area contributed by atoms with Crippen LogP contribution >= 0.6 is 0 Å². The van der Waals surface area contributed by atoms with E-state index >= 15 is 0 Å². The Kier molecular flexibility index (Phi) is 2.32. The van der Waals surface area contributed by atoms with Gasteiger partial charge in [-0.25, -0.2) is 0 Å². The quantitative estimate of drug-likeness (QED) is 0.548. The number of aromatic nitrogens is 2. The molecule has 0 aliphatic rings. The minimum absolute atomic E-state index is 0.351. The van der Waals surface area contributed by atoms with Gasteiger partial charge in [-0.1, -0.05) is 0 Å². The highest BCUT2D eigenvalue weighted by molar-refractivity contribution is 7.71. The molecule has 11 heavy (non-hydrogen) atoms. The second-order valence-corrected chi connectivity index (χ2v) is 2.72. The molecule has 0 N–H and O–H groups in total. The minimum Gasteiger partial charge on any atom is -0.258 e. The molecular formula is C6H6N2O2S. The molecule has 4 nitrogen and oxygen atoms in total. The molecule has 1 aromatic heterocycles. The van der Waals surface area contributed by atoms with Crippen molar-refractivity contribution in [2.75, 3.05) is 0 Å². The summed E-state index contributed by atoms with van der Waals surface area (Å²) in [5.74, 6) is 0. The van der Waals surface area contributed by atoms with E-state index in [1.165, 1.54) is 12.4 Å². The Morgan fingerprint density at radius 1 is 1.36 bits per heavy atom. The predicted octanol–water partition coefficient (Wildman–Crippen LogP) is -0.186. The van der Waals surface area contributed by atoms with Crippen LogP contribution in [-0.4, -0.2) is 23.8 Å². The highest BCUT2D eigenvalue weighted by Gasteiger charge is 1.89. The molecular weight excluding hydrogens is 164 g/mol. The van der Waals surface area contributed by atoms with Gasteiger partial charge in [0.2, 0.25) is 10.3 Å². The Balaban J connectivity index is 3.09. The molecule has 0 fully saturated rings. The first kappa shape index (κ1) is 7.87. The molecule has 1 aromatic rings. The van der Waals surface area contributed by atoms with Crippen molar-refractivity contribution in [3.63, 3.8) is 0 Å². The van der Waals surface area contributed by atoms with E-state index in [0.717, 1.165) is 11.1 Å². The van der Waals surface area contributed by atoms with Crippen LogP contribution in [0.15, 0.2) is 12.4 Å². The van der Waals surface area contributed by atoms with Crippen LogP contribution in [0.5, 0.6) is 0 Å².